The molecule has 1 saturated heterocycles. The number of nitrogens with one attached hydrogen (secondary N) is 1. The van der Waals surface area contributed by atoms with Gasteiger partial charge in [0.15, 0.2) is 9.84 Å². The third kappa shape index (κ3) is 3.37. The van der Waals surface area contributed by atoms with Crippen LogP contribution < -0.4 is 5.32 Å². The number of nitrogens with zero attached hydrogens (tertiary/aromatic N) is 1. The minimum atomic E-state index is -3.57. The first-order chi connectivity index (χ1) is 10.9. The first-order valence-corrected chi connectivity index (χ1v) is 10.7. The highest BCUT2D eigenvalue weighted by atomic mass is 35.5. The van der Waals surface area contributed by atoms with E-state index in [0.717, 1.165) is 38.6 Å². The summed E-state index contributed by atoms with van der Waals surface area (Å²) >= 11 is 6.35. The molecule has 1 N–H and O–H groups in total. The van der Waals surface area contributed by atoms with Gasteiger partial charge in [0.1, 0.15) is 5.25 Å². The molecular weight excluding hydrogens is 340 g/mol. The highest BCUT2D eigenvalue weighted by Crippen LogP contribution is 2.40. The third-order valence-electron chi connectivity index (χ3n) is 5.87. The zero-order valence-electron chi connectivity index (χ0n) is 13.2. The number of sulfone groups is 1. The molecular formula is C15H25ClN2O4S. The van der Waals surface area contributed by atoms with Crippen molar-refractivity contribution < 1.29 is 13.3 Å². The Hall–Kier alpha value is -0.400. The van der Waals surface area contributed by atoms with Crippen LogP contribution in [0.2, 0.25) is 0 Å². The highest BCUT2D eigenvalue weighted by molar-refractivity contribution is 7.92. The summed E-state index contributed by atoms with van der Waals surface area (Å²) in [5.74, 6) is 0.275. The molecule has 0 aromatic rings. The van der Waals surface area contributed by atoms with Gasteiger partial charge < -0.3 is 5.32 Å². The van der Waals surface area contributed by atoms with E-state index in [0.29, 0.717) is 19.3 Å². The maximum Gasteiger partial charge on any atom is 0.229 e. The number of nitro groups is 1. The van der Waals surface area contributed by atoms with Crippen molar-refractivity contribution in [1.82, 2.24) is 5.32 Å². The standard InChI is InChI=1S/C15H25ClN2O4S/c16-11-8-10-4-3-7-17-15(10)14(9-11)23(21,22)13-6-2-1-5-12(13)18(19)20/h10-15,17H,1-9H2. The van der Waals surface area contributed by atoms with Gasteiger partial charge in [-0.2, -0.15) is 0 Å². The normalized spacial score (nSPS) is 42.0. The topological polar surface area (TPSA) is 89.3 Å². The molecule has 2 aliphatic carbocycles. The van der Waals surface area contributed by atoms with Gasteiger partial charge in [-0.1, -0.05) is 6.42 Å². The first-order valence-electron chi connectivity index (χ1n) is 8.65. The van der Waals surface area contributed by atoms with Gasteiger partial charge in [-0.15, -0.1) is 11.6 Å². The second-order valence-corrected chi connectivity index (χ2v) is 10.3. The number of fused-ring (bicyclic) bond motifs is 1. The van der Waals surface area contributed by atoms with Crippen molar-refractivity contribution in [2.45, 2.75) is 79.3 Å². The smallest absolute Gasteiger partial charge is 0.229 e. The fourth-order valence-electron chi connectivity index (χ4n) is 4.77. The molecule has 132 valence electrons. The molecule has 6 nitrogen and oxygen atoms in total. The molecule has 3 aliphatic rings. The maximum atomic E-state index is 13.3. The van der Waals surface area contributed by atoms with Crippen molar-refractivity contribution in [3.05, 3.63) is 10.1 Å². The predicted octanol–water partition coefficient (Wildman–Crippen LogP) is 2.13. The van der Waals surface area contributed by atoms with Crippen LogP contribution in [0.25, 0.3) is 0 Å². The average molecular weight is 365 g/mol. The van der Waals surface area contributed by atoms with Crippen LogP contribution in [-0.4, -0.2) is 47.8 Å². The van der Waals surface area contributed by atoms with Gasteiger partial charge >= 0.3 is 0 Å². The van der Waals surface area contributed by atoms with Crippen molar-refractivity contribution in [2.75, 3.05) is 6.54 Å². The van der Waals surface area contributed by atoms with Crippen molar-refractivity contribution in [1.29, 1.82) is 0 Å². The van der Waals surface area contributed by atoms with Gasteiger partial charge in [-0.3, -0.25) is 10.1 Å². The Morgan fingerprint density at radius 2 is 1.78 bits per heavy atom. The lowest BCUT2D eigenvalue weighted by Crippen LogP contribution is -2.59. The Kier molecular flexibility index (Phi) is 5.18. The van der Waals surface area contributed by atoms with Crippen LogP contribution in [0.3, 0.4) is 0 Å². The van der Waals surface area contributed by atoms with Gasteiger partial charge in [0.05, 0.1) is 5.25 Å². The largest absolute Gasteiger partial charge is 0.312 e. The van der Waals surface area contributed by atoms with Crippen LogP contribution in [-0.2, 0) is 9.84 Å². The molecule has 0 amide bonds. The van der Waals surface area contributed by atoms with Crippen molar-refractivity contribution >= 4 is 21.4 Å². The lowest BCUT2D eigenvalue weighted by Gasteiger charge is -2.44. The van der Waals surface area contributed by atoms with Crippen LogP contribution in [0.4, 0.5) is 0 Å². The van der Waals surface area contributed by atoms with Crippen LogP contribution in [0.15, 0.2) is 0 Å². The zero-order valence-corrected chi connectivity index (χ0v) is 14.8. The minimum absolute atomic E-state index is 0.0851. The number of piperidine rings is 1. The monoisotopic (exact) mass is 364 g/mol. The Labute approximate surface area is 142 Å². The quantitative estimate of drug-likeness (QED) is 0.470. The summed E-state index contributed by atoms with van der Waals surface area (Å²) in [7, 11) is -3.57. The molecule has 0 aromatic heterocycles. The molecule has 2 saturated carbocycles. The van der Waals surface area contributed by atoms with E-state index in [9.17, 15) is 18.5 Å². The number of rotatable bonds is 3. The molecule has 0 bridgehead atoms. The lowest BCUT2D eigenvalue weighted by atomic mass is 9.79. The molecule has 23 heavy (non-hydrogen) atoms. The second kappa shape index (κ2) is 6.84. The van der Waals surface area contributed by atoms with Crippen LogP contribution in [0.1, 0.15) is 51.4 Å². The van der Waals surface area contributed by atoms with Crippen molar-refractivity contribution in [2.24, 2.45) is 5.92 Å². The number of halogens is 1. The highest BCUT2D eigenvalue weighted by Gasteiger charge is 2.51. The molecule has 3 fully saturated rings. The summed E-state index contributed by atoms with van der Waals surface area (Å²) < 4.78 is 26.5. The lowest BCUT2D eigenvalue weighted by molar-refractivity contribution is -0.524. The number of hydrogen-bond acceptors (Lipinski definition) is 5. The average Bonchev–Trinajstić information content (AvgIpc) is 2.54. The number of alkyl halides is 1. The molecule has 3 rings (SSSR count). The summed E-state index contributed by atoms with van der Waals surface area (Å²) in [4.78, 5) is 11.0. The first kappa shape index (κ1) is 17.4. The predicted molar refractivity (Wildman–Crippen MR) is 89.1 cm³/mol. The van der Waals surface area contributed by atoms with Gasteiger partial charge in [0, 0.05) is 22.8 Å². The molecule has 0 spiro atoms. The van der Waals surface area contributed by atoms with E-state index in [-0.39, 0.29) is 22.3 Å². The molecule has 1 heterocycles. The van der Waals surface area contributed by atoms with E-state index in [4.69, 9.17) is 11.6 Å². The summed E-state index contributed by atoms with van der Waals surface area (Å²) in [5.41, 5.74) is 0. The molecule has 0 radical (unpaired) electrons. The Morgan fingerprint density at radius 3 is 2.52 bits per heavy atom. The Bertz CT molecular complexity index is 556. The SMILES string of the molecule is O=[N+]([O-])C1CCCCC1S(=O)(=O)C1CC(Cl)CC2CCCNC21. The summed E-state index contributed by atoms with van der Waals surface area (Å²) in [6.07, 6.45) is 5.57. The van der Waals surface area contributed by atoms with E-state index >= 15 is 0 Å². The molecule has 0 aromatic carbocycles. The molecule has 1 aliphatic heterocycles. The summed E-state index contributed by atoms with van der Waals surface area (Å²) in [6, 6.07) is -1.04. The van der Waals surface area contributed by atoms with Gasteiger partial charge in [-0.05, 0) is 51.0 Å². The Morgan fingerprint density at radius 1 is 1.04 bits per heavy atom. The van der Waals surface area contributed by atoms with Crippen molar-refractivity contribution in [3.63, 3.8) is 0 Å². The van der Waals surface area contributed by atoms with Crippen LogP contribution in [0.5, 0.6) is 0 Å². The van der Waals surface area contributed by atoms with Crippen LogP contribution in [0, 0.1) is 16.0 Å². The molecule has 6 unspecified atom stereocenters. The van der Waals surface area contributed by atoms with E-state index in [1.807, 2.05) is 0 Å². The van der Waals surface area contributed by atoms with E-state index in [1.54, 1.807) is 0 Å². The van der Waals surface area contributed by atoms with Gasteiger partial charge in [0.25, 0.3) is 0 Å². The van der Waals surface area contributed by atoms with Crippen molar-refractivity contribution in [3.8, 4) is 0 Å². The summed E-state index contributed by atoms with van der Waals surface area (Å²) in [5, 5.41) is 13.1. The van der Waals surface area contributed by atoms with E-state index < -0.39 is 26.4 Å². The maximum absolute atomic E-state index is 13.3. The summed E-state index contributed by atoms with van der Waals surface area (Å²) in [6.45, 7) is 0.823. The number of hydrogen-bond donors (Lipinski definition) is 1. The molecule has 6 atom stereocenters. The minimum Gasteiger partial charge on any atom is -0.312 e. The Balaban J connectivity index is 1.88. The van der Waals surface area contributed by atoms with E-state index in [1.165, 1.54) is 0 Å². The van der Waals surface area contributed by atoms with Crippen LogP contribution >= 0.6 is 11.6 Å². The zero-order chi connectivity index (χ0) is 16.6. The van der Waals surface area contributed by atoms with Gasteiger partial charge in [-0.25, -0.2) is 8.42 Å². The molecule has 8 heteroatoms. The fraction of sp³-hybridized carbons (Fsp3) is 1.00. The third-order valence-corrected chi connectivity index (χ3v) is 8.95. The van der Waals surface area contributed by atoms with Gasteiger partial charge in [0.2, 0.25) is 6.04 Å². The fourth-order valence-corrected chi connectivity index (χ4v) is 8.14. The second-order valence-electron chi connectivity index (χ2n) is 7.25. The van der Waals surface area contributed by atoms with E-state index in [2.05, 4.69) is 5.32 Å².